The highest BCUT2D eigenvalue weighted by molar-refractivity contribution is 5.92. The number of rotatable bonds is 3. The van der Waals surface area contributed by atoms with Crippen LogP contribution >= 0.6 is 0 Å². The van der Waals surface area contributed by atoms with Crippen molar-refractivity contribution < 1.29 is 9.53 Å². The van der Waals surface area contributed by atoms with Crippen LogP contribution in [-0.4, -0.2) is 42.6 Å². The Balaban J connectivity index is 1.97. The molecule has 0 radical (unpaired) electrons. The van der Waals surface area contributed by atoms with Gasteiger partial charge in [0.25, 0.3) is 5.91 Å². The van der Waals surface area contributed by atoms with Gasteiger partial charge in [0, 0.05) is 26.3 Å². The molecule has 1 fully saturated rings. The van der Waals surface area contributed by atoms with Crippen LogP contribution in [0, 0.1) is 5.92 Å². The Morgan fingerprint density at radius 3 is 3.06 bits per heavy atom. The molecule has 1 aromatic rings. The maximum atomic E-state index is 12.1. The first kappa shape index (κ1) is 12.8. The normalized spacial score (nSPS) is 19.5. The van der Waals surface area contributed by atoms with Crippen LogP contribution in [0.25, 0.3) is 0 Å². The van der Waals surface area contributed by atoms with Gasteiger partial charge in [-0.2, -0.15) is 0 Å². The molecule has 5 heteroatoms. The molecule has 0 spiro atoms. The quantitative estimate of drug-likeness (QED) is 0.866. The van der Waals surface area contributed by atoms with Gasteiger partial charge < -0.3 is 14.6 Å². The minimum atomic E-state index is -0.254. The van der Waals surface area contributed by atoms with Crippen LogP contribution in [0.15, 0.2) is 23.0 Å². The summed E-state index contributed by atoms with van der Waals surface area (Å²) in [6.45, 7) is 2.19. The van der Waals surface area contributed by atoms with Gasteiger partial charge in [0.1, 0.15) is 5.69 Å². The molecule has 0 saturated carbocycles. The zero-order valence-corrected chi connectivity index (χ0v) is 10.5. The van der Waals surface area contributed by atoms with Crippen LogP contribution in [0.3, 0.4) is 0 Å². The lowest BCUT2D eigenvalue weighted by Crippen LogP contribution is -2.36. The topological polar surface area (TPSA) is 62.4 Å². The predicted octanol–water partition coefficient (Wildman–Crippen LogP) is 0.873. The van der Waals surface area contributed by atoms with Crippen molar-refractivity contribution in [3.63, 3.8) is 0 Å². The lowest BCUT2D eigenvalue weighted by Gasteiger charge is -2.27. The standard InChI is InChI=1S/C13H18N2O3/c1-15(8-10-4-3-7-18-9-10)13(17)11-5-2-6-12(16)14-11/h2,5-6,10H,3-4,7-9H2,1H3,(H,14,16). The number of hydrogen-bond acceptors (Lipinski definition) is 3. The number of nitrogens with one attached hydrogen (secondary N) is 1. The molecule has 1 saturated heterocycles. The van der Waals surface area contributed by atoms with Crippen molar-refractivity contribution in [1.29, 1.82) is 0 Å². The number of ether oxygens (including phenoxy) is 1. The average molecular weight is 250 g/mol. The maximum Gasteiger partial charge on any atom is 0.270 e. The van der Waals surface area contributed by atoms with Gasteiger partial charge in [0.15, 0.2) is 0 Å². The summed E-state index contributed by atoms with van der Waals surface area (Å²) >= 11 is 0. The fraction of sp³-hybridized carbons (Fsp3) is 0.538. The van der Waals surface area contributed by atoms with Gasteiger partial charge in [-0.15, -0.1) is 0 Å². The fourth-order valence-electron chi connectivity index (χ4n) is 2.20. The van der Waals surface area contributed by atoms with Crippen molar-refractivity contribution in [2.24, 2.45) is 5.92 Å². The molecule has 2 heterocycles. The lowest BCUT2D eigenvalue weighted by atomic mass is 10.0. The zero-order chi connectivity index (χ0) is 13.0. The first-order valence-electron chi connectivity index (χ1n) is 6.19. The Labute approximate surface area is 106 Å². The number of pyridine rings is 1. The molecule has 0 bridgehead atoms. The highest BCUT2D eigenvalue weighted by atomic mass is 16.5. The van der Waals surface area contributed by atoms with E-state index in [0.717, 1.165) is 19.4 Å². The van der Waals surface area contributed by atoms with Gasteiger partial charge in [0.2, 0.25) is 5.56 Å². The van der Waals surface area contributed by atoms with Crippen molar-refractivity contribution in [3.8, 4) is 0 Å². The van der Waals surface area contributed by atoms with E-state index >= 15 is 0 Å². The molecule has 1 aliphatic heterocycles. The molecule has 5 nitrogen and oxygen atoms in total. The van der Waals surface area contributed by atoms with Gasteiger partial charge >= 0.3 is 0 Å². The van der Waals surface area contributed by atoms with Crippen LogP contribution in [0.5, 0.6) is 0 Å². The van der Waals surface area contributed by atoms with Crippen molar-refractivity contribution >= 4 is 5.91 Å². The van der Waals surface area contributed by atoms with E-state index < -0.39 is 0 Å². The smallest absolute Gasteiger partial charge is 0.270 e. The van der Waals surface area contributed by atoms with Crippen molar-refractivity contribution in [1.82, 2.24) is 9.88 Å². The summed E-state index contributed by atoms with van der Waals surface area (Å²) in [5.41, 5.74) is 0.0805. The van der Waals surface area contributed by atoms with Crippen LogP contribution in [-0.2, 0) is 4.74 Å². The second-order valence-corrected chi connectivity index (χ2v) is 4.70. The summed E-state index contributed by atoms with van der Waals surface area (Å²) in [4.78, 5) is 27.4. The number of aromatic nitrogens is 1. The van der Waals surface area contributed by atoms with Gasteiger partial charge in [-0.1, -0.05) is 6.07 Å². The van der Waals surface area contributed by atoms with Crippen LogP contribution in [0.2, 0.25) is 0 Å². The summed E-state index contributed by atoms with van der Waals surface area (Å²) in [5, 5.41) is 0. The van der Waals surface area contributed by atoms with Gasteiger partial charge in [-0.05, 0) is 24.8 Å². The maximum absolute atomic E-state index is 12.1. The highest BCUT2D eigenvalue weighted by Crippen LogP contribution is 2.15. The fourth-order valence-corrected chi connectivity index (χ4v) is 2.20. The molecule has 0 aliphatic carbocycles. The van der Waals surface area contributed by atoms with E-state index in [1.54, 1.807) is 24.1 Å². The van der Waals surface area contributed by atoms with Gasteiger partial charge in [-0.25, -0.2) is 0 Å². The van der Waals surface area contributed by atoms with Crippen molar-refractivity contribution in [3.05, 3.63) is 34.2 Å². The molecule has 1 unspecified atom stereocenters. The Bertz CT molecular complexity index is 463. The number of nitrogens with zero attached hydrogens (tertiary/aromatic N) is 1. The number of carbonyl (C=O) groups excluding carboxylic acids is 1. The molecule has 1 aliphatic rings. The Morgan fingerprint density at radius 2 is 2.39 bits per heavy atom. The molecule has 2 rings (SSSR count). The first-order chi connectivity index (χ1) is 8.66. The molecular weight excluding hydrogens is 232 g/mol. The molecular formula is C13H18N2O3. The number of H-pyrrole nitrogens is 1. The second kappa shape index (κ2) is 5.82. The average Bonchev–Trinajstić information content (AvgIpc) is 2.39. The Kier molecular flexibility index (Phi) is 4.15. The molecule has 0 aromatic carbocycles. The number of aromatic amines is 1. The van der Waals surface area contributed by atoms with Crippen molar-refractivity contribution in [2.75, 3.05) is 26.8 Å². The van der Waals surface area contributed by atoms with Crippen LogP contribution in [0.4, 0.5) is 0 Å². The SMILES string of the molecule is CN(CC1CCCOC1)C(=O)c1cccc(=O)[nH]1. The van der Waals surface area contributed by atoms with E-state index in [0.29, 0.717) is 24.8 Å². The summed E-state index contributed by atoms with van der Waals surface area (Å²) in [6, 6.07) is 4.60. The highest BCUT2D eigenvalue weighted by Gasteiger charge is 2.19. The van der Waals surface area contributed by atoms with E-state index in [-0.39, 0.29) is 11.5 Å². The number of amides is 1. The summed E-state index contributed by atoms with van der Waals surface area (Å²) in [7, 11) is 1.75. The zero-order valence-electron chi connectivity index (χ0n) is 10.5. The second-order valence-electron chi connectivity index (χ2n) is 4.70. The van der Waals surface area contributed by atoms with E-state index in [1.165, 1.54) is 6.07 Å². The Morgan fingerprint density at radius 1 is 1.56 bits per heavy atom. The minimum absolute atomic E-state index is 0.154. The lowest BCUT2D eigenvalue weighted by molar-refractivity contribution is 0.0387. The summed E-state index contributed by atoms with van der Waals surface area (Å²) in [5.74, 6) is 0.237. The van der Waals surface area contributed by atoms with Crippen molar-refractivity contribution in [2.45, 2.75) is 12.8 Å². The third kappa shape index (κ3) is 3.20. The van der Waals surface area contributed by atoms with E-state index in [4.69, 9.17) is 4.74 Å². The predicted molar refractivity (Wildman–Crippen MR) is 67.6 cm³/mol. The molecule has 1 N–H and O–H groups in total. The first-order valence-corrected chi connectivity index (χ1v) is 6.19. The third-order valence-electron chi connectivity index (χ3n) is 3.13. The molecule has 1 aromatic heterocycles. The van der Waals surface area contributed by atoms with E-state index in [1.807, 2.05) is 0 Å². The summed E-state index contributed by atoms with van der Waals surface area (Å²) in [6.07, 6.45) is 2.14. The third-order valence-corrected chi connectivity index (χ3v) is 3.13. The number of carbonyl (C=O) groups is 1. The minimum Gasteiger partial charge on any atom is -0.381 e. The molecule has 1 amide bonds. The van der Waals surface area contributed by atoms with E-state index in [9.17, 15) is 9.59 Å². The monoisotopic (exact) mass is 250 g/mol. The van der Waals surface area contributed by atoms with Crippen LogP contribution < -0.4 is 5.56 Å². The Hall–Kier alpha value is -1.62. The van der Waals surface area contributed by atoms with Gasteiger partial charge in [0.05, 0.1) is 6.61 Å². The molecule has 1 atom stereocenters. The van der Waals surface area contributed by atoms with Gasteiger partial charge in [-0.3, -0.25) is 9.59 Å². The number of hydrogen-bond donors (Lipinski definition) is 1. The molecule has 98 valence electrons. The van der Waals surface area contributed by atoms with E-state index in [2.05, 4.69) is 4.98 Å². The molecule has 18 heavy (non-hydrogen) atoms. The largest absolute Gasteiger partial charge is 0.381 e. The van der Waals surface area contributed by atoms with Crippen LogP contribution in [0.1, 0.15) is 23.3 Å². The summed E-state index contributed by atoms with van der Waals surface area (Å²) < 4.78 is 5.39.